The molecule has 0 aromatic heterocycles. The Morgan fingerprint density at radius 1 is 1.32 bits per heavy atom. The van der Waals surface area contributed by atoms with Gasteiger partial charge in [0.25, 0.3) is 0 Å². The standard InChI is InChI=1S/C16H18N2S/c1-18-15-12-9-5-6-10-13(12)19-16(15)14(17)11-7-3-2-4-8-11/h3,5-10,12-13H,2,4,17H2,1H3. The fourth-order valence-electron chi connectivity index (χ4n) is 2.69. The van der Waals surface area contributed by atoms with E-state index in [0.717, 1.165) is 34.7 Å². The van der Waals surface area contributed by atoms with Crippen LogP contribution in [0.2, 0.25) is 0 Å². The maximum Gasteiger partial charge on any atom is 0.0584 e. The summed E-state index contributed by atoms with van der Waals surface area (Å²) in [7, 11) is 1.86. The molecule has 2 aliphatic carbocycles. The number of hydrogen-bond acceptors (Lipinski definition) is 3. The molecule has 2 N–H and O–H groups in total. The van der Waals surface area contributed by atoms with Crippen molar-refractivity contribution in [3.05, 3.63) is 58.7 Å². The molecule has 2 nitrogen and oxygen atoms in total. The lowest BCUT2D eigenvalue weighted by molar-refractivity contribution is 0.904. The Kier molecular flexibility index (Phi) is 3.47. The molecule has 0 radical (unpaired) electrons. The van der Waals surface area contributed by atoms with Gasteiger partial charge in [-0.25, -0.2) is 0 Å². The van der Waals surface area contributed by atoms with Crippen molar-refractivity contribution in [3.8, 4) is 0 Å². The van der Waals surface area contributed by atoms with E-state index in [0.29, 0.717) is 11.2 Å². The fourth-order valence-corrected chi connectivity index (χ4v) is 4.09. The Balaban J connectivity index is 2.00. The number of aliphatic imine (C=N–C) groups is 1. The Morgan fingerprint density at radius 3 is 2.89 bits per heavy atom. The lowest BCUT2D eigenvalue weighted by Crippen LogP contribution is -2.17. The summed E-state index contributed by atoms with van der Waals surface area (Å²) >= 11 is 1.84. The highest BCUT2D eigenvalue weighted by molar-refractivity contribution is 8.05. The number of nitrogens with two attached hydrogens (primary N) is 1. The van der Waals surface area contributed by atoms with Gasteiger partial charge in [0.1, 0.15) is 0 Å². The maximum atomic E-state index is 6.38. The van der Waals surface area contributed by atoms with Gasteiger partial charge in [0.2, 0.25) is 0 Å². The van der Waals surface area contributed by atoms with Gasteiger partial charge >= 0.3 is 0 Å². The van der Waals surface area contributed by atoms with E-state index >= 15 is 0 Å². The van der Waals surface area contributed by atoms with Gasteiger partial charge in [0.15, 0.2) is 0 Å². The third-order valence-electron chi connectivity index (χ3n) is 3.68. The van der Waals surface area contributed by atoms with Gasteiger partial charge in [-0.2, -0.15) is 0 Å². The Morgan fingerprint density at radius 2 is 2.16 bits per heavy atom. The summed E-state index contributed by atoms with van der Waals surface area (Å²) in [4.78, 5) is 5.65. The van der Waals surface area contributed by atoms with Gasteiger partial charge in [-0.3, -0.25) is 4.99 Å². The number of hydrogen-bond donors (Lipinski definition) is 1. The predicted molar refractivity (Wildman–Crippen MR) is 84.2 cm³/mol. The van der Waals surface area contributed by atoms with E-state index in [1.807, 2.05) is 18.8 Å². The van der Waals surface area contributed by atoms with Gasteiger partial charge < -0.3 is 5.73 Å². The molecule has 0 amide bonds. The molecular formula is C16H18N2S. The minimum Gasteiger partial charge on any atom is -0.397 e. The molecule has 3 heteroatoms. The highest BCUT2D eigenvalue weighted by Gasteiger charge is 2.36. The Hall–Kier alpha value is -1.48. The van der Waals surface area contributed by atoms with Crippen molar-refractivity contribution in [3.63, 3.8) is 0 Å². The molecule has 3 rings (SSSR count). The van der Waals surface area contributed by atoms with E-state index in [1.165, 1.54) is 0 Å². The lowest BCUT2D eigenvalue weighted by Gasteiger charge is -2.13. The minimum atomic E-state index is 0.377. The van der Waals surface area contributed by atoms with Crippen molar-refractivity contribution in [1.82, 2.24) is 0 Å². The van der Waals surface area contributed by atoms with E-state index in [4.69, 9.17) is 5.73 Å². The molecule has 2 unspecified atom stereocenters. The summed E-state index contributed by atoms with van der Waals surface area (Å²) in [5.41, 5.74) is 9.56. The van der Waals surface area contributed by atoms with E-state index in [-0.39, 0.29) is 0 Å². The average molecular weight is 270 g/mol. The highest BCUT2D eigenvalue weighted by atomic mass is 32.2. The van der Waals surface area contributed by atoms with Gasteiger partial charge in [-0.1, -0.05) is 42.5 Å². The molecule has 2 atom stereocenters. The van der Waals surface area contributed by atoms with Crippen molar-refractivity contribution < 1.29 is 0 Å². The molecule has 0 aromatic rings. The number of allylic oxidation sites excluding steroid dienone is 7. The quantitative estimate of drug-likeness (QED) is 0.793. The zero-order valence-electron chi connectivity index (χ0n) is 11.0. The average Bonchev–Trinajstić information content (AvgIpc) is 2.85. The van der Waals surface area contributed by atoms with Gasteiger partial charge in [0, 0.05) is 18.2 Å². The predicted octanol–water partition coefficient (Wildman–Crippen LogP) is 3.36. The first-order valence-electron chi connectivity index (χ1n) is 6.67. The topological polar surface area (TPSA) is 38.4 Å². The van der Waals surface area contributed by atoms with Crippen LogP contribution in [-0.4, -0.2) is 18.0 Å². The fraction of sp³-hybridized carbons (Fsp3) is 0.312. The number of thioether (sulfide) groups is 1. The largest absolute Gasteiger partial charge is 0.397 e. The van der Waals surface area contributed by atoms with Crippen molar-refractivity contribution in [2.24, 2.45) is 16.6 Å². The third-order valence-corrected chi connectivity index (χ3v) is 5.07. The zero-order chi connectivity index (χ0) is 13.2. The molecule has 19 heavy (non-hydrogen) atoms. The second-order valence-corrected chi connectivity index (χ2v) is 6.06. The molecule has 1 aliphatic heterocycles. The van der Waals surface area contributed by atoms with E-state index < -0.39 is 0 Å². The molecule has 1 heterocycles. The molecule has 0 bridgehead atoms. The first kappa shape index (κ1) is 12.5. The summed E-state index contributed by atoms with van der Waals surface area (Å²) in [5, 5.41) is 0.449. The second kappa shape index (κ2) is 5.25. The lowest BCUT2D eigenvalue weighted by atomic mass is 9.93. The van der Waals surface area contributed by atoms with E-state index in [9.17, 15) is 0 Å². The molecule has 1 fully saturated rings. The molecule has 1 saturated heterocycles. The molecule has 98 valence electrons. The molecule has 0 aromatic carbocycles. The van der Waals surface area contributed by atoms with Crippen LogP contribution in [0.5, 0.6) is 0 Å². The van der Waals surface area contributed by atoms with Crippen LogP contribution < -0.4 is 5.73 Å². The number of fused-ring (bicyclic) bond motifs is 1. The van der Waals surface area contributed by atoms with Crippen LogP contribution in [0, 0.1) is 5.92 Å². The summed E-state index contributed by atoms with van der Waals surface area (Å²) in [5.74, 6) is 0.377. The van der Waals surface area contributed by atoms with E-state index in [1.54, 1.807) is 0 Å². The van der Waals surface area contributed by atoms with Crippen molar-refractivity contribution in [2.45, 2.75) is 18.1 Å². The van der Waals surface area contributed by atoms with Crippen LogP contribution in [0.15, 0.2) is 63.7 Å². The van der Waals surface area contributed by atoms with Gasteiger partial charge in [-0.05, 0) is 18.4 Å². The summed E-state index contributed by atoms with van der Waals surface area (Å²) in [6, 6.07) is 0. The van der Waals surface area contributed by atoms with Crippen molar-refractivity contribution in [2.75, 3.05) is 7.05 Å². The van der Waals surface area contributed by atoms with Crippen molar-refractivity contribution in [1.29, 1.82) is 0 Å². The third kappa shape index (κ3) is 2.23. The zero-order valence-corrected chi connectivity index (χ0v) is 11.9. The Labute approximate surface area is 118 Å². The van der Waals surface area contributed by atoms with Crippen LogP contribution in [0.1, 0.15) is 12.8 Å². The van der Waals surface area contributed by atoms with Gasteiger partial charge in [0.05, 0.1) is 16.3 Å². The molecule has 0 saturated carbocycles. The number of nitrogens with zero attached hydrogens (tertiary/aromatic N) is 1. The number of rotatable bonds is 1. The maximum absolute atomic E-state index is 6.38. The van der Waals surface area contributed by atoms with Crippen molar-refractivity contribution >= 4 is 17.5 Å². The Bertz CT molecular complexity index is 561. The molecule has 0 spiro atoms. The van der Waals surface area contributed by atoms with Crippen LogP contribution in [0.3, 0.4) is 0 Å². The smallest absolute Gasteiger partial charge is 0.0584 e. The SMILES string of the molecule is CN=C1C(=C(N)C2=CCCC=C2)SC2C=CC=CC12. The van der Waals surface area contributed by atoms with Crippen LogP contribution in [0.4, 0.5) is 0 Å². The monoisotopic (exact) mass is 270 g/mol. The summed E-state index contributed by atoms with van der Waals surface area (Å²) in [6.45, 7) is 0. The second-order valence-electron chi connectivity index (χ2n) is 4.87. The summed E-state index contributed by atoms with van der Waals surface area (Å²) in [6.07, 6.45) is 17.4. The highest BCUT2D eigenvalue weighted by Crippen LogP contribution is 2.44. The first-order chi connectivity index (χ1) is 9.31. The normalized spacial score (nSPS) is 33.5. The molecule has 3 aliphatic rings. The van der Waals surface area contributed by atoms with Crippen LogP contribution in [0.25, 0.3) is 0 Å². The summed E-state index contributed by atoms with van der Waals surface area (Å²) < 4.78 is 0. The van der Waals surface area contributed by atoms with Crippen LogP contribution >= 0.6 is 11.8 Å². The van der Waals surface area contributed by atoms with Crippen LogP contribution in [-0.2, 0) is 0 Å². The molecular weight excluding hydrogens is 252 g/mol. The van der Waals surface area contributed by atoms with Gasteiger partial charge in [-0.15, -0.1) is 11.8 Å². The minimum absolute atomic E-state index is 0.377. The first-order valence-corrected chi connectivity index (χ1v) is 7.54. The van der Waals surface area contributed by atoms with E-state index in [2.05, 4.69) is 47.5 Å².